The predicted octanol–water partition coefficient (Wildman–Crippen LogP) is 3.22. The summed E-state index contributed by atoms with van der Waals surface area (Å²) >= 11 is 0. The normalized spacial score (nSPS) is 13.0. The van der Waals surface area contributed by atoms with Crippen molar-refractivity contribution < 1.29 is 24.2 Å². The fourth-order valence-electron chi connectivity index (χ4n) is 3.05. The molecule has 2 rings (SSSR count). The molecule has 0 aliphatic rings. The molecule has 0 aromatic heterocycles. The van der Waals surface area contributed by atoms with Crippen molar-refractivity contribution in [1.29, 1.82) is 0 Å². The third-order valence-electron chi connectivity index (χ3n) is 4.45. The fourth-order valence-corrected chi connectivity index (χ4v) is 3.05. The highest BCUT2D eigenvalue weighted by Gasteiger charge is 2.29. The molecule has 0 radical (unpaired) electrons. The number of nitrogens with one attached hydrogen (secondary N) is 1. The van der Waals surface area contributed by atoms with Crippen molar-refractivity contribution in [2.75, 3.05) is 7.11 Å². The van der Waals surface area contributed by atoms with Gasteiger partial charge in [0.25, 0.3) is 0 Å². The van der Waals surface area contributed by atoms with Crippen LogP contribution >= 0.6 is 0 Å². The second-order valence-corrected chi connectivity index (χ2v) is 7.39. The summed E-state index contributed by atoms with van der Waals surface area (Å²) in [5.41, 5.74) is 1.65. The highest BCUT2D eigenvalue weighted by Crippen LogP contribution is 2.15. The van der Waals surface area contributed by atoms with Crippen molar-refractivity contribution >= 4 is 11.9 Å². The van der Waals surface area contributed by atoms with Crippen molar-refractivity contribution in [3.05, 3.63) is 65.7 Å². The first-order valence-corrected chi connectivity index (χ1v) is 9.71. The van der Waals surface area contributed by atoms with Gasteiger partial charge >= 0.3 is 11.9 Å². The number of hydrogen-bond acceptors (Lipinski definition) is 6. The van der Waals surface area contributed by atoms with Crippen LogP contribution in [0.1, 0.15) is 31.4 Å². The molecule has 29 heavy (non-hydrogen) atoms. The number of benzene rings is 2. The van der Waals surface area contributed by atoms with Gasteiger partial charge in [0, 0.05) is 0 Å². The van der Waals surface area contributed by atoms with E-state index in [1.165, 1.54) is 7.11 Å². The zero-order chi connectivity index (χ0) is 21.2. The molecule has 0 bridgehead atoms. The van der Waals surface area contributed by atoms with Crippen molar-refractivity contribution in [2.45, 2.75) is 45.4 Å². The van der Waals surface area contributed by atoms with Gasteiger partial charge < -0.3 is 14.6 Å². The van der Waals surface area contributed by atoms with E-state index >= 15 is 0 Å². The van der Waals surface area contributed by atoms with Gasteiger partial charge in [-0.05, 0) is 42.0 Å². The summed E-state index contributed by atoms with van der Waals surface area (Å²) in [6.45, 7) is 4.18. The predicted molar refractivity (Wildman–Crippen MR) is 110 cm³/mol. The number of hydrogen-bond donors (Lipinski definition) is 2. The molecule has 0 fully saturated rings. The van der Waals surface area contributed by atoms with Gasteiger partial charge in [-0.3, -0.25) is 14.9 Å². The van der Waals surface area contributed by atoms with Gasteiger partial charge in [-0.2, -0.15) is 0 Å². The Labute approximate surface area is 171 Å². The molecule has 0 amide bonds. The number of esters is 2. The quantitative estimate of drug-likeness (QED) is 0.597. The molecular weight excluding hydrogens is 370 g/mol. The fraction of sp³-hybridized carbons (Fsp3) is 0.391. The molecule has 0 aliphatic heterocycles. The lowest BCUT2D eigenvalue weighted by Gasteiger charge is -2.24. The molecular formula is C23H29NO5. The number of carbonyl (C=O) groups excluding carboxylic acids is 2. The Kier molecular flexibility index (Phi) is 8.68. The van der Waals surface area contributed by atoms with Gasteiger partial charge in [-0.25, -0.2) is 0 Å². The molecule has 0 saturated heterocycles. The highest BCUT2D eigenvalue weighted by atomic mass is 16.5. The van der Waals surface area contributed by atoms with Gasteiger partial charge in [0.1, 0.15) is 24.4 Å². The molecule has 156 valence electrons. The van der Waals surface area contributed by atoms with Gasteiger partial charge in [-0.15, -0.1) is 0 Å². The van der Waals surface area contributed by atoms with Crippen molar-refractivity contribution in [1.82, 2.24) is 5.32 Å². The minimum atomic E-state index is -0.741. The molecule has 6 nitrogen and oxygen atoms in total. The van der Waals surface area contributed by atoms with Crippen LogP contribution in [0.25, 0.3) is 0 Å². The number of carbonyl (C=O) groups is 2. The first kappa shape index (κ1) is 22.4. The standard InChI is InChI=1S/C23H29NO5/c1-16(2)12-20(23(27)29-15-17-8-5-4-6-9-17)24-21(22(26)28-3)14-18-10-7-11-19(25)13-18/h4-11,13,16,20-21,24-25H,12,14-15H2,1-3H3/t20-,21?/m1/s1. The molecule has 2 aromatic carbocycles. The van der Waals surface area contributed by atoms with E-state index in [1.54, 1.807) is 18.2 Å². The smallest absolute Gasteiger partial charge is 0.323 e. The second-order valence-electron chi connectivity index (χ2n) is 7.39. The van der Waals surface area contributed by atoms with Crippen LogP contribution in [0.3, 0.4) is 0 Å². The van der Waals surface area contributed by atoms with E-state index in [1.807, 2.05) is 50.2 Å². The molecule has 2 atom stereocenters. The van der Waals surface area contributed by atoms with Crippen LogP contribution in [0, 0.1) is 5.92 Å². The Balaban J connectivity index is 2.10. The molecule has 1 unspecified atom stereocenters. The third kappa shape index (κ3) is 7.58. The van der Waals surface area contributed by atoms with Crippen LogP contribution in [-0.2, 0) is 32.1 Å². The Morgan fingerprint density at radius 2 is 1.66 bits per heavy atom. The van der Waals surface area contributed by atoms with Crippen molar-refractivity contribution in [3.8, 4) is 5.75 Å². The van der Waals surface area contributed by atoms with Crippen LogP contribution in [0.4, 0.5) is 0 Å². The zero-order valence-electron chi connectivity index (χ0n) is 17.1. The number of methoxy groups -OCH3 is 1. The van der Waals surface area contributed by atoms with E-state index < -0.39 is 24.0 Å². The monoisotopic (exact) mass is 399 g/mol. The number of rotatable bonds is 10. The Morgan fingerprint density at radius 3 is 2.28 bits per heavy atom. The summed E-state index contributed by atoms with van der Waals surface area (Å²) in [6.07, 6.45) is 0.794. The SMILES string of the molecule is COC(=O)C(Cc1cccc(O)c1)N[C@H](CC(C)C)C(=O)OCc1ccccc1. The van der Waals surface area contributed by atoms with Gasteiger partial charge in [-0.1, -0.05) is 56.3 Å². The van der Waals surface area contributed by atoms with Crippen molar-refractivity contribution in [3.63, 3.8) is 0 Å². The molecule has 0 spiro atoms. The van der Waals surface area contributed by atoms with E-state index in [4.69, 9.17) is 9.47 Å². The number of ether oxygens (including phenoxy) is 2. The summed E-state index contributed by atoms with van der Waals surface area (Å²) in [5.74, 6) is -0.548. The largest absolute Gasteiger partial charge is 0.508 e. The molecule has 2 N–H and O–H groups in total. The minimum absolute atomic E-state index is 0.118. The minimum Gasteiger partial charge on any atom is -0.508 e. The summed E-state index contributed by atoms with van der Waals surface area (Å²) in [6, 6.07) is 14.7. The number of phenolic OH excluding ortho intramolecular Hbond substituents is 1. The molecule has 6 heteroatoms. The summed E-state index contributed by atoms with van der Waals surface area (Å²) in [5, 5.41) is 12.8. The summed E-state index contributed by atoms with van der Waals surface area (Å²) < 4.78 is 10.4. The Bertz CT molecular complexity index is 791. The lowest BCUT2D eigenvalue weighted by atomic mass is 10.0. The summed E-state index contributed by atoms with van der Waals surface area (Å²) in [7, 11) is 1.31. The van der Waals surface area contributed by atoms with E-state index in [0.717, 1.165) is 11.1 Å². The first-order valence-electron chi connectivity index (χ1n) is 9.71. The lowest BCUT2D eigenvalue weighted by molar-refractivity contribution is -0.149. The van der Waals surface area contributed by atoms with Gasteiger partial charge in [0.05, 0.1) is 7.11 Å². The lowest BCUT2D eigenvalue weighted by Crippen LogP contribution is -2.49. The maximum atomic E-state index is 12.7. The van der Waals surface area contributed by atoms with E-state index in [-0.39, 0.29) is 24.7 Å². The maximum absolute atomic E-state index is 12.7. The molecule has 2 aromatic rings. The number of aromatic hydroxyl groups is 1. The zero-order valence-corrected chi connectivity index (χ0v) is 17.1. The highest BCUT2D eigenvalue weighted by molar-refractivity contribution is 5.80. The number of phenols is 1. The van der Waals surface area contributed by atoms with E-state index in [9.17, 15) is 14.7 Å². The first-order chi connectivity index (χ1) is 13.9. The van der Waals surface area contributed by atoms with Crippen molar-refractivity contribution in [2.24, 2.45) is 5.92 Å². The van der Waals surface area contributed by atoms with Crippen LogP contribution in [0.2, 0.25) is 0 Å². The average Bonchev–Trinajstić information content (AvgIpc) is 2.70. The Morgan fingerprint density at radius 1 is 0.966 bits per heavy atom. The molecule has 0 aliphatic carbocycles. The van der Waals surface area contributed by atoms with Gasteiger partial charge in [0.15, 0.2) is 0 Å². The second kappa shape index (κ2) is 11.2. The topological polar surface area (TPSA) is 84.9 Å². The third-order valence-corrected chi connectivity index (χ3v) is 4.45. The maximum Gasteiger partial charge on any atom is 0.323 e. The average molecular weight is 399 g/mol. The van der Waals surface area contributed by atoms with Crippen LogP contribution < -0.4 is 5.32 Å². The van der Waals surface area contributed by atoms with Crippen LogP contribution in [-0.4, -0.2) is 36.2 Å². The molecule has 0 saturated carbocycles. The van der Waals surface area contributed by atoms with Gasteiger partial charge in [0.2, 0.25) is 0 Å². The van der Waals surface area contributed by atoms with E-state index in [0.29, 0.717) is 6.42 Å². The Hall–Kier alpha value is -2.86. The van der Waals surface area contributed by atoms with E-state index in [2.05, 4.69) is 5.32 Å². The van der Waals surface area contributed by atoms with Crippen LogP contribution in [0.5, 0.6) is 5.75 Å². The van der Waals surface area contributed by atoms with Crippen LogP contribution in [0.15, 0.2) is 54.6 Å². The molecule has 0 heterocycles. The summed E-state index contributed by atoms with van der Waals surface area (Å²) in [4.78, 5) is 25.1.